The Morgan fingerprint density at radius 3 is 2.71 bits per heavy atom. The molecule has 0 aliphatic carbocycles. The second kappa shape index (κ2) is 10.5. The van der Waals surface area contributed by atoms with E-state index in [-0.39, 0.29) is 0 Å². The average Bonchev–Trinajstić information content (AvgIpc) is 3.65. The molecule has 5 aromatic rings. The van der Waals surface area contributed by atoms with Crippen LogP contribution in [0.1, 0.15) is 12.8 Å². The van der Waals surface area contributed by atoms with Crippen molar-refractivity contribution in [2.24, 2.45) is 0 Å². The minimum atomic E-state index is 0.595. The summed E-state index contributed by atoms with van der Waals surface area (Å²) < 4.78 is 11.9. The molecule has 1 aliphatic rings. The fourth-order valence-electron chi connectivity index (χ4n) is 4.90. The van der Waals surface area contributed by atoms with Crippen LogP contribution in [0.15, 0.2) is 60.8 Å². The minimum absolute atomic E-state index is 0.595. The highest BCUT2D eigenvalue weighted by atomic mass is 16.5. The monoisotopic (exact) mass is 509 g/mol. The summed E-state index contributed by atoms with van der Waals surface area (Å²) >= 11 is 0. The van der Waals surface area contributed by atoms with Crippen molar-refractivity contribution >= 4 is 39.0 Å². The third kappa shape index (κ3) is 4.92. The van der Waals surface area contributed by atoms with Crippen LogP contribution < -0.4 is 20.1 Å². The molecule has 3 heterocycles. The van der Waals surface area contributed by atoms with Crippen molar-refractivity contribution in [2.75, 3.05) is 51.0 Å². The standard InChI is InChI=1S/C29H31N7O2/c1-30-21-7-5-6-19(14-21)28-33-25-17-26(37-2)27(38-13-12-36-10-3-4-11-36)16-23(25)29(34-28)32-22-8-9-24-20(15-22)18-31-35-24/h5-9,14-18,30H,3-4,10-13H2,1-2H3,(H,31,35)(H,32,33,34). The molecule has 1 saturated heterocycles. The van der Waals surface area contributed by atoms with Crippen molar-refractivity contribution < 1.29 is 9.47 Å². The van der Waals surface area contributed by atoms with Crippen molar-refractivity contribution in [1.82, 2.24) is 25.1 Å². The van der Waals surface area contributed by atoms with E-state index in [1.54, 1.807) is 7.11 Å². The Kier molecular flexibility index (Phi) is 6.66. The van der Waals surface area contributed by atoms with Gasteiger partial charge in [0.25, 0.3) is 0 Å². The van der Waals surface area contributed by atoms with Crippen LogP contribution >= 0.6 is 0 Å². The maximum absolute atomic E-state index is 6.23. The second-order valence-corrected chi connectivity index (χ2v) is 9.44. The molecule has 1 fully saturated rings. The molecule has 0 spiro atoms. The number of aromatic nitrogens is 4. The van der Waals surface area contributed by atoms with E-state index in [4.69, 9.17) is 19.4 Å². The molecule has 38 heavy (non-hydrogen) atoms. The number of hydrogen-bond donors (Lipinski definition) is 3. The van der Waals surface area contributed by atoms with E-state index < -0.39 is 0 Å². The van der Waals surface area contributed by atoms with Gasteiger partial charge in [0.05, 0.1) is 24.3 Å². The summed E-state index contributed by atoms with van der Waals surface area (Å²) in [6.45, 7) is 3.77. The summed E-state index contributed by atoms with van der Waals surface area (Å²) in [6.07, 6.45) is 4.33. The van der Waals surface area contributed by atoms with Crippen molar-refractivity contribution in [3.05, 3.63) is 60.8 Å². The molecule has 9 heteroatoms. The van der Waals surface area contributed by atoms with Crippen LogP contribution in [0.3, 0.4) is 0 Å². The Balaban J connectivity index is 1.41. The van der Waals surface area contributed by atoms with Crippen molar-refractivity contribution in [3.63, 3.8) is 0 Å². The van der Waals surface area contributed by atoms with Crippen LogP contribution in [0, 0.1) is 0 Å². The van der Waals surface area contributed by atoms with Crippen LogP contribution in [0.5, 0.6) is 11.5 Å². The zero-order valence-corrected chi connectivity index (χ0v) is 21.6. The highest BCUT2D eigenvalue weighted by Gasteiger charge is 2.17. The number of benzene rings is 3. The SMILES string of the molecule is CNc1cccc(-c2nc(Nc3ccc4[nH]ncc4c3)c3cc(OCCN4CCCC4)c(OC)cc3n2)c1. The smallest absolute Gasteiger partial charge is 0.162 e. The molecule has 194 valence electrons. The maximum atomic E-state index is 6.23. The van der Waals surface area contributed by atoms with E-state index in [9.17, 15) is 0 Å². The second-order valence-electron chi connectivity index (χ2n) is 9.44. The molecule has 0 amide bonds. The molecular weight excluding hydrogens is 478 g/mol. The molecule has 0 atom stereocenters. The molecule has 0 saturated carbocycles. The number of rotatable bonds is 9. The number of anilines is 3. The van der Waals surface area contributed by atoms with Crippen LogP contribution in [0.4, 0.5) is 17.2 Å². The van der Waals surface area contributed by atoms with E-state index in [2.05, 4.69) is 25.7 Å². The Hall–Kier alpha value is -4.37. The van der Waals surface area contributed by atoms with Gasteiger partial charge in [-0.05, 0) is 62.3 Å². The van der Waals surface area contributed by atoms with Gasteiger partial charge in [0, 0.05) is 47.4 Å². The molecule has 0 unspecified atom stereocenters. The Morgan fingerprint density at radius 2 is 1.87 bits per heavy atom. The number of ether oxygens (including phenoxy) is 2. The first-order chi connectivity index (χ1) is 18.7. The molecule has 2 aromatic heterocycles. The van der Waals surface area contributed by atoms with Gasteiger partial charge in [-0.15, -0.1) is 0 Å². The molecule has 0 bridgehead atoms. The first kappa shape index (κ1) is 24.0. The largest absolute Gasteiger partial charge is 0.493 e. The molecule has 6 rings (SSSR count). The van der Waals surface area contributed by atoms with E-state index >= 15 is 0 Å². The number of methoxy groups -OCH3 is 1. The summed E-state index contributed by atoms with van der Waals surface area (Å²) in [4.78, 5) is 12.3. The van der Waals surface area contributed by atoms with Gasteiger partial charge in [0.2, 0.25) is 0 Å². The van der Waals surface area contributed by atoms with Gasteiger partial charge >= 0.3 is 0 Å². The molecule has 1 aliphatic heterocycles. The van der Waals surface area contributed by atoms with Gasteiger partial charge in [-0.3, -0.25) is 10.00 Å². The van der Waals surface area contributed by atoms with Crippen LogP contribution in [0.25, 0.3) is 33.2 Å². The third-order valence-corrected chi connectivity index (χ3v) is 6.96. The van der Waals surface area contributed by atoms with Gasteiger partial charge in [0.1, 0.15) is 12.4 Å². The Morgan fingerprint density at radius 1 is 0.974 bits per heavy atom. The predicted molar refractivity (Wildman–Crippen MR) is 152 cm³/mol. The van der Waals surface area contributed by atoms with Gasteiger partial charge < -0.3 is 20.1 Å². The summed E-state index contributed by atoms with van der Waals surface area (Å²) in [5.74, 6) is 2.64. The highest BCUT2D eigenvalue weighted by Crippen LogP contribution is 2.37. The van der Waals surface area contributed by atoms with Crippen molar-refractivity contribution in [2.45, 2.75) is 12.8 Å². The van der Waals surface area contributed by atoms with Gasteiger partial charge in [-0.1, -0.05) is 12.1 Å². The van der Waals surface area contributed by atoms with Crippen molar-refractivity contribution in [1.29, 1.82) is 0 Å². The molecule has 0 radical (unpaired) electrons. The lowest BCUT2D eigenvalue weighted by atomic mass is 10.1. The van der Waals surface area contributed by atoms with E-state index in [0.29, 0.717) is 29.7 Å². The van der Waals surface area contributed by atoms with Gasteiger partial charge in [-0.2, -0.15) is 5.10 Å². The topological polar surface area (TPSA) is 100 Å². The van der Waals surface area contributed by atoms with E-state index in [1.165, 1.54) is 12.8 Å². The Labute approximate surface area is 221 Å². The fraction of sp³-hybridized carbons (Fsp3) is 0.276. The zero-order chi connectivity index (χ0) is 25.9. The van der Waals surface area contributed by atoms with E-state index in [0.717, 1.165) is 58.4 Å². The Bertz CT molecular complexity index is 1580. The third-order valence-electron chi connectivity index (χ3n) is 6.96. The number of likely N-dealkylation sites (tertiary alicyclic amines) is 1. The lowest BCUT2D eigenvalue weighted by Gasteiger charge is -2.18. The van der Waals surface area contributed by atoms with E-state index in [1.807, 2.05) is 67.8 Å². The lowest BCUT2D eigenvalue weighted by molar-refractivity contribution is 0.230. The minimum Gasteiger partial charge on any atom is -0.493 e. The normalized spacial score (nSPS) is 13.7. The van der Waals surface area contributed by atoms with Crippen LogP contribution in [0.2, 0.25) is 0 Å². The summed E-state index contributed by atoms with van der Waals surface area (Å²) in [7, 11) is 3.56. The average molecular weight is 510 g/mol. The molecular formula is C29H31N7O2. The molecule has 9 nitrogen and oxygen atoms in total. The maximum Gasteiger partial charge on any atom is 0.162 e. The first-order valence-corrected chi connectivity index (χ1v) is 12.9. The summed E-state index contributed by atoms with van der Waals surface area (Å²) in [5, 5.41) is 15.7. The van der Waals surface area contributed by atoms with Crippen molar-refractivity contribution in [3.8, 4) is 22.9 Å². The number of aromatic amines is 1. The van der Waals surface area contributed by atoms with Gasteiger partial charge in [0.15, 0.2) is 17.3 Å². The lowest BCUT2D eigenvalue weighted by Crippen LogP contribution is -2.25. The van der Waals surface area contributed by atoms with Gasteiger partial charge in [-0.25, -0.2) is 9.97 Å². The fourth-order valence-corrected chi connectivity index (χ4v) is 4.90. The quantitative estimate of drug-likeness (QED) is 0.241. The number of nitrogens with zero attached hydrogens (tertiary/aromatic N) is 4. The summed E-state index contributed by atoms with van der Waals surface area (Å²) in [5.41, 5.74) is 4.55. The molecule has 3 aromatic carbocycles. The number of hydrogen-bond acceptors (Lipinski definition) is 8. The number of nitrogens with one attached hydrogen (secondary N) is 3. The highest BCUT2D eigenvalue weighted by molar-refractivity contribution is 5.95. The predicted octanol–water partition coefficient (Wildman–Crippen LogP) is 5.44. The summed E-state index contributed by atoms with van der Waals surface area (Å²) in [6, 6.07) is 18.0. The number of fused-ring (bicyclic) bond motifs is 2. The van der Waals surface area contributed by atoms with Crippen LogP contribution in [-0.2, 0) is 0 Å². The van der Waals surface area contributed by atoms with Crippen LogP contribution in [-0.4, -0.2) is 65.5 Å². The number of H-pyrrole nitrogens is 1. The first-order valence-electron chi connectivity index (χ1n) is 12.9. The zero-order valence-electron chi connectivity index (χ0n) is 21.6. The molecule has 3 N–H and O–H groups in total.